The fourth-order valence-electron chi connectivity index (χ4n) is 2.98. The van der Waals surface area contributed by atoms with Gasteiger partial charge in [0.1, 0.15) is 23.2 Å². The number of fused-ring (bicyclic) bond motifs is 1. The van der Waals surface area contributed by atoms with E-state index in [2.05, 4.69) is 15.3 Å². The molecule has 1 aliphatic heterocycles. The maximum atomic E-state index is 12.6. The summed E-state index contributed by atoms with van der Waals surface area (Å²) in [5, 5.41) is 3.04. The quantitative estimate of drug-likeness (QED) is 0.777. The Labute approximate surface area is 151 Å². The Bertz CT molecular complexity index is 874. The molecule has 0 radical (unpaired) electrons. The number of aromatic nitrogens is 3. The van der Waals surface area contributed by atoms with Crippen molar-refractivity contribution in [3.63, 3.8) is 0 Å². The van der Waals surface area contributed by atoms with E-state index in [1.807, 2.05) is 47.9 Å². The molecule has 1 amide bonds. The van der Waals surface area contributed by atoms with Crippen LogP contribution in [0.5, 0.6) is 5.75 Å². The van der Waals surface area contributed by atoms with Crippen molar-refractivity contribution in [1.29, 1.82) is 0 Å². The minimum Gasteiger partial charge on any atom is -0.484 e. The van der Waals surface area contributed by atoms with E-state index >= 15 is 0 Å². The van der Waals surface area contributed by atoms with Gasteiger partial charge in [0, 0.05) is 24.7 Å². The van der Waals surface area contributed by atoms with E-state index < -0.39 is 0 Å². The molecule has 1 N–H and O–H groups in total. The van der Waals surface area contributed by atoms with Gasteiger partial charge in [-0.05, 0) is 37.6 Å². The topological polar surface area (TPSA) is 77.8 Å². The van der Waals surface area contributed by atoms with E-state index in [0.29, 0.717) is 31.1 Å². The van der Waals surface area contributed by atoms with Gasteiger partial charge in [-0.1, -0.05) is 6.07 Å². The van der Waals surface area contributed by atoms with Gasteiger partial charge in [-0.2, -0.15) is 0 Å². The lowest BCUT2D eigenvalue weighted by atomic mass is 10.1. The van der Waals surface area contributed by atoms with Crippen molar-refractivity contribution >= 4 is 11.6 Å². The van der Waals surface area contributed by atoms with Crippen LogP contribution in [-0.4, -0.2) is 45.6 Å². The standard InChI is InChI=1S/C19H20N4O3/c1-13-5-6-14(10-20-13)26-17-12-25-9-7-15(17)22-19(24)16-11-23-8-3-2-4-18(23)21-16/h2-6,8,10-11,15,17H,7,9,12H2,1H3,(H,22,24)/t15-,17+/m0/s1. The van der Waals surface area contributed by atoms with Gasteiger partial charge in [-0.3, -0.25) is 9.78 Å². The summed E-state index contributed by atoms with van der Waals surface area (Å²) in [6.07, 6.45) is 5.69. The molecule has 4 rings (SSSR count). The fraction of sp³-hybridized carbons (Fsp3) is 0.316. The van der Waals surface area contributed by atoms with Crippen molar-refractivity contribution in [1.82, 2.24) is 19.7 Å². The zero-order valence-corrected chi connectivity index (χ0v) is 14.5. The van der Waals surface area contributed by atoms with E-state index in [-0.39, 0.29) is 18.1 Å². The van der Waals surface area contributed by atoms with Gasteiger partial charge in [0.2, 0.25) is 0 Å². The number of hydrogen-bond donors (Lipinski definition) is 1. The highest BCUT2D eigenvalue weighted by atomic mass is 16.5. The molecule has 1 aliphatic rings. The Hall–Kier alpha value is -2.93. The highest BCUT2D eigenvalue weighted by molar-refractivity contribution is 5.93. The second-order valence-corrected chi connectivity index (χ2v) is 6.33. The van der Waals surface area contributed by atoms with Gasteiger partial charge in [0.25, 0.3) is 5.91 Å². The molecule has 0 unspecified atom stereocenters. The van der Waals surface area contributed by atoms with Crippen molar-refractivity contribution in [2.24, 2.45) is 0 Å². The molecule has 2 atom stereocenters. The first-order chi connectivity index (χ1) is 12.7. The third-order valence-corrected chi connectivity index (χ3v) is 4.39. The Morgan fingerprint density at radius 3 is 3.08 bits per heavy atom. The summed E-state index contributed by atoms with van der Waals surface area (Å²) in [6, 6.07) is 9.27. The number of pyridine rings is 2. The van der Waals surface area contributed by atoms with E-state index in [4.69, 9.17) is 9.47 Å². The van der Waals surface area contributed by atoms with Gasteiger partial charge in [-0.15, -0.1) is 0 Å². The lowest BCUT2D eigenvalue weighted by molar-refractivity contribution is -0.0136. The number of carbonyl (C=O) groups excluding carboxylic acids is 1. The van der Waals surface area contributed by atoms with Crippen LogP contribution in [0.15, 0.2) is 48.9 Å². The number of ether oxygens (including phenoxy) is 2. The molecule has 0 saturated carbocycles. The second kappa shape index (κ2) is 7.13. The Morgan fingerprint density at radius 2 is 2.27 bits per heavy atom. The summed E-state index contributed by atoms with van der Waals surface area (Å²) in [5.41, 5.74) is 2.05. The van der Waals surface area contributed by atoms with Gasteiger partial charge < -0.3 is 19.2 Å². The first kappa shape index (κ1) is 16.5. The molecular weight excluding hydrogens is 332 g/mol. The molecule has 4 heterocycles. The van der Waals surface area contributed by atoms with E-state index in [1.54, 1.807) is 12.4 Å². The lowest BCUT2D eigenvalue weighted by Crippen LogP contribution is -2.51. The zero-order chi connectivity index (χ0) is 17.9. The van der Waals surface area contributed by atoms with E-state index in [9.17, 15) is 4.79 Å². The summed E-state index contributed by atoms with van der Waals surface area (Å²) in [4.78, 5) is 21.2. The van der Waals surface area contributed by atoms with Crippen LogP contribution in [0.2, 0.25) is 0 Å². The third-order valence-electron chi connectivity index (χ3n) is 4.39. The van der Waals surface area contributed by atoms with Crippen LogP contribution >= 0.6 is 0 Å². The summed E-state index contributed by atoms with van der Waals surface area (Å²) in [5.74, 6) is 0.453. The SMILES string of the molecule is Cc1ccc(O[C@@H]2COCC[C@@H]2NC(=O)c2cn3ccccc3n2)cn1. The maximum Gasteiger partial charge on any atom is 0.271 e. The van der Waals surface area contributed by atoms with Crippen LogP contribution < -0.4 is 10.1 Å². The monoisotopic (exact) mass is 352 g/mol. The molecule has 134 valence electrons. The summed E-state index contributed by atoms with van der Waals surface area (Å²) >= 11 is 0. The predicted molar refractivity (Wildman–Crippen MR) is 95.3 cm³/mol. The molecule has 0 bridgehead atoms. The van der Waals surface area contributed by atoms with Crippen LogP contribution in [0.4, 0.5) is 0 Å². The molecule has 3 aromatic heterocycles. The van der Waals surface area contributed by atoms with Crippen LogP contribution in [0.3, 0.4) is 0 Å². The Kier molecular flexibility index (Phi) is 4.53. The molecular formula is C19H20N4O3. The molecule has 1 fully saturated rings. The number of nitrogens with one attached hydrogen (secondary N) is 1. The predicted octanol–water partition coefficient (Wildman–Crippen LogP) is 2.00. The molecule has 7 heteroatoms. The summed E-state index contributed by atoms with van der Waals surface area (Å²) in [6.45, 7) is 2.93. The number of imidazole rings is 1. The largest absolute Gasteiger partial charge is 0.484 e. The first-order valence-corrected chi connectivity index (χ1v) is 8.61. The summed E-state index contributed by atoms with van der Waals surface area (Å²) in [7, 11) is 0. The number of amides is 1. The average molecular weight is 352 g/mol. The smallest absolute Gasteiger partial charge is 0.271 e. The average Bonchev–Trinajstić information content (AvgIpc) is 3.09. The van der Waals surface area contributed by atoms with Crippen molar-refractivity contribution in [2.45, 2.75) is 25.5 Å². The van der Waals surface area contributed by atoms with Crippen molar-refractivity contribution in [2.75, 3.05) is 13.2 Å². The third kappa shape index (κ3) is 3.52. The van der Waals surface area contributed by atoms with Gasteiger partial charge in [0.05, 0.1) is 18.8 Å². The molecule has 1 saturated heterocycles. The number of rotatable bonds is 4. The molecule has 0 spiro atoms. The minimum atomic E-state index is -0.269. The fourth-order valence-corrected chi connectivity index (χ4v) is 2.98. The van der Waals surface area contributed by atoms with Crippen LogP contribution in [-0.2, 0) is 4.74 Å². The number of carbonyl (C=O) groups is 1. The highest BCUT2D eigenvalue weighted by Crippen LogP contribution is 2.18. The van der Waals surface area contributed by atoms with Crippen LogP contribution in [0.1, 0.15) is 22.6 Å². The van der Waals surface area contributed by atoms with Crippen molar-refractivity contribution < 1.29 is 14.3 Å². The van der Waals surface area contributed by atoms with Gasteiger partial charge in [0.15, 0.2) is 0 Å². The lowest BCUT2D eigenvalue weighted by Gasteiger charge is -2.32. The van der Waals surface area contributed by atoms with Crippen molar-refractivity contribution in [3.05, 3.63) is 60.3 Å². The van der Waals surface area contributed by atoms with Gasteiger partial charge >= 0.3 is 0 Å². The molecule has 0 aromatic carbocycles. The molecule has 7 nitrogen and oxygen atoms in total. The maximum absolute atomic E-state index is 12.6. The highest BCUT2D eigenvalue weighted by Gasteiger charge is 2.30. The van der Waals surface area contributed by atoms with Crippen LogP contribution in [0, 0.1) is 6.92 Å². The normalized spacial score (nSPS) is 20.0. The molecule has 3 aromatic rings. The second-order valence-electron chi connectivity index (χ2n) is 6.33. The van der Waals surface area contributed by atoms with E-state index in [1.165, 1.54) is 0 Å². The molecule has 26 heavy (non-hydrogen) atoms. The van der Waals surface area contributed by atoms with Gasteiger partial charge in [-0.25, -0.2) is 4.98 Å². The Morgan fingerprint density at radius 1 is 1.35 bits per heavy atom. The van der Waals surface area contributed by atoms with Crippen molar-refractivity contribution in [3.8, 4) is 5.75 Å². The zero-order valence-electron chi connectivity index (χ0n) is 14.5. The summed E-state index contributed by atoms with van der Waals surface area (Å²) < 4.78 is 13.3. The first-order valence-electron chi connectivity index (χ1n) is 8.61. The molecule has 0 aliphatic carbocycles. The number of hydrogen-bond acceptors (Lipinski definition) is 5. The minimum absolute atomic E-state index is 0.151. The number of nitrogens with zero attached hydrogens (tertiary/aromatic N) is 3. The van der Waals surface area contributed by atoms with E-state index in [0.717, 1.165) is 11.3 Å². The van der Waals surface area contributed by atoms with Crippen LogP contribution in [0.25, 0.3) is 5.65 Å². The number of aryl methyl sites for hydroxylation is 1. The Balaban J connectivity index is 1.47.